The van der Waals surface area contributed by atoms with Crippen molar-refractivity contribution in [3.63, 3.8) is 0 Å². The monoisotopic (exact) mass is 420 g/mol. The van der Waals surface area contributed by atoms with Crippen molar-refractivity contribution in [1.29, 1.82) is 0 Å². The van der Waals surface area contributed by atoms with Gasteiger partial charge in [-0.15, -0.1) is 11.3 Å². The van der Waals surface area contributed by atoms with E-state index in [0.29, 0.717) is 22.5 Å². The summed E-state index contributed by atoms with van der Waals surface area (Å²) in [7, 11) is 0. The van der Waals surface area contributed by atoms with Gasteiger partial charge >= 0.3 is 0 Å². The SMILES string of the molecule is O=C(NCc1ccccc1CN1CCOCC1)c1ccccc1C(=O)c1cccs1. The normalized spacial score (nSPS) is 14.4. The zero-order valence-corrected chi connectivity index (χ0v) is 17.5. The van der Waals surface area contributed by atoms with Crippen LogP contribution in [0.1, 0.15) is 36.7 Å². The van der Waals surface area contributed by atoms with Crippen molar-refractivity contribution in [3.05, 3.63) is 93.2 Å². The third-order valence-electron chi connectivity index (χ3n) is 5.22. The first-order chi connectivity index (χ1) is 14.7. The van der Waals surface area contributed by atoms with E-state index in [0.717, 1.165) is 38.4 Å². The van der Waals surface area contributed by atoms with Gasteiger partial charge in [0.2, 0.25) is 5.78 Å². The van der Waals surface area contributed by atoms with Crippen LogP contribution in [-0.2, 0) is 17.8 Å². The van der Waals surface area contributed by atoms with E-state index in [9.17, 15) is 9.59 Å². The van der Waals surface area contributed by atoms with Crippen LogP contribution < -0.4 is 5.32 Å². The van der Waals surface area contributed by atoms with Gasteiger partial charge < -0.3 is 10.1 Å². The van der Waals surface area contributed by atoms with Gasteiger partial charge in [0.15, 0.2) is 0 Å². The molecule has 2 heterocycles. The van der Waals surface area contributed by atoms with Crippen molar-refractivity contribution in [2.75, 3.05) is 26.3 Å². The van der Waals surface area contributed by atoms with Crippen LogP contribution in [0.2, 0.25) is 0 Å². The molecule has 1 N–H and O–H groups in total. The fraction of sp³-hybridized carbons (Fsp3) is 0.250. The molecule has 1 fully saturated rings. The molecule has 0 spiro atoms. The molecule has 0 saturated carbocycles. The second-order valence-electron chi connectivity index (χ2n) is 7.19. The molecule has 6 heteroatoms. The Kier molecular flexibility index (Phi) is 6.69. The highest BCUT2D eigenvalue weighted by Crippen LogP contribution is 2.19. The number of carbonyl (C=O) groups excluding carboxylic acids is 2. The number of ketones is 1. The van der Waals surface area contributed by atoms with Crippen LogP contribution >= 0.6 is 11.3 Å². The fourth-order valence-electron chi connectivity index (χ4n) is 3.57. The largest absolute Gasteiger partial charge is 0.379 e. The maximum absolute atomic E-state index is 12.9. The number of nitrogens with one attached hydrogen (secondary N) is 1. The number of nitrogens with zero attached hydrogens (tertiary/aromatic N) is 1. The molecule has 1 amide bonds. The third kappa shape index (κ3) is 4.84. The molecule has 3 aromatic rings. The van der Waals surface area contributed by atoms with Gasteiger partial charge in [-0.05, 0) is 28.6 Å². The van der Waals surface area contributed by atoms with Gasteiger partial charge in [-0.25, -0.2) is 0 Å². The summed E-state index contributed by atoms with van der Waals surface area (Å²) in [6, 6.07) is 18.8. The Morgan fingerprint density at radius 2 is 1.60 bits per heavy atom. The molecule has 1 aliphatic heterocycles. The van der Waals surface area contributed by atoms with Gasteiger partial charge in [0, 0.05) is 31.7 Å². The average molecular weight is 421 g/mol. The highest BCUT2D eigenvalue weighted by Gasteiger charge is 2.19. The van der Waals surface area contributed by atoms with E-state index in [1.165, 1.54) is 16.9 Å². The van der Waals surface area contributed by atoms with Crippen LogP contribution in [0.25, 0.3) is 0 Å². The van der Waals surface area contributed by atoms with Crippen LogP contribution in [0.4, 0.5) is 0 Å². The minimum Gasteiger partial charge on any atom is -0.379 e. The zero-order chi connectivity index (χ0) is 20.8. The molecule has 154 valence electrons. The van der Waals surface area contributed by atoms with E-state index in [4.69, 9.17) is 4.74 Å². The van der Waals surface area contributed by atoms with E-state index in [1.807, 2.05) is 29.6 Å². The predicted octanol–water partition coefficient (Wildman–Crippen LogP) is 3.74. The third-order valence-corrected chi connectivity index (χ3v) is 6.09. The molecular formula is C24H24N2O3S. The number of amides is 1. The molecular weight excluding hydrogens is 396 g/mol. The first-order valence-corrected chi connectivity index (χ1v) is 10.9. The average Bonchev–Trinajstić information content (AvgIpc) is 3.33. The quantitative estimate of drug-likeness (QED) is 0.592. The maximum atomic E-state index is 12.9. The minimum atomic E-state index is -0.239. The van der Waals surface area contributed by atoms with Crippen LogP contribution in [0.5, 0.6) is 0 Å². The second kappa shape index (κ2) is 9.80. The molecule has 0 radical (unpaired) electrons. The van der Waals surface area contributed by atoms with Crippen LogP contribution in [-0.4, -0.2) is 42.9 Å². The van der Waals surface area contributed by atoms with Crippen molar-refractivity contribution >= 4 is 23.0 Å². The summed E-state index contributed by atoms with van der Waals surface area (Å²) in [4.78, 5) is 28.7. The molecule has 1 saturated heterocycles. The van der Waals surface area contributed by atoms with E-state index in [-0.39, 0.29) is 11.7 Å². The summed E-state index contributed by atoms with van der Waals surface area (Å²) >= 11 is 1.38. The fourth-order valence-corrected chi connectivity index (χ4v) is 4.25. The maximum Gasteiger partial charge on any atom is 0.252 e. The predicted molar refractivity (Wildman–Crippen MR) is 118 cm³/mol. The Hall–Kier alpha value is -2.80. The van der Waals surface area contributed by atoms with Crippen molar-refractivity contribution in [2.45, 2.75) is 13.1 Å². The Balaban J connectivity index is 1.46. The number of hydrogen-bond donors (Lipinski definition) is 1. The second-order valence-corrected chi connectivity index (χ2v) is 8.14. The van der Waals surface area contributed by atoms with Crippen LogP contribution in [0.3, 0.4) is 0 Å². The zero-order valence-electron chi connectivity index (χ0n) is 16.7. The van der Waals surface area contributed by atoms with Crippen LogP contribution in [0.15, 0.2) is 66.0 Å². The number of morpholine rings is 1. The summed E-state index contributed by atoms with van der Waals surface area (Å²) in [5.74, 6) is -0.361. The molecule has 0 atom stereocenters. The summed E-state index contributed by atoms with van der Waals surface area (Å²) in [5.41, 5.74) is 3.11. The van der Waals surface area contributed by atoms with Gasteiger partial charge in [-0.3, -0.25) is 14.5 Å². The van der Waals surface area contributed by atoms with E-state index in [2.05, 4.69) is 16.3 Å². The number of hydrogen-bond acceptors (Lipinski definition) is 5. The Labute approximate surface area is 180 Å². The summed E-state index contributed by atoms with van der Waals surface area (Å²) < 4.78 is 5.43. The molecule has 5 nitrogen and oxygen atoms in total. The molecule has 0 aliphatic carbocycles. The van der Waals surface area contributed by atoms with Gasteiger partial charge in [0.25, 0.3) is 5.91 Å². The van der Waals surface area contributed by atoms with E-state index < -0.39 is 0 Å². The molecule has 0 bridgehead atoms. The standard InChI is InChI=1S/C24H24N2O3S/c27-23(22-10-5-15-30-22)20-8-3-4-9-21(20)24(28)25-16-18-6-1-2-7-19(18)17-26-11-13-29-14-12-26/h1-10,15H,11-14,16-17H2,(H,25,28). The van der Waals surface area contributed by atoms with E-state index in [1.54, 1.807) is 30.3 Å². The summed E-state index contributed by atoms with van der Waals surface area (Å²) in [6.07, 6.45) is 0. The van der Waals surface area contributed by atoms with Gasteiger partial charge in [0.1, 0.15) is 0 Å². The number of thiophene rings is 1. The lowest BCUT2D eigenvalue weighted by Crippen LogP contribution is -2.36. The number of benzene rings is 2. The molecule has 30 heavy (non-hydrogen) atoms. The Morgan fingerprint density at radius 1 is 0.900 bits per heavy atom. The van der Waals surface area contributed by atoms with Crippen molar-refractivity contribution < 1.29 is 14.3 Å². The van der Waals surface area contributed by atoms with Gasteiger partial charge in [-0.2, -0.15) is 0 Å². The molecule has 2 aromatic carbocycles. The van der Waals surface area contributed by atoms with Crippen LogP contribution in [0, 0.1) is 0 Å². The smallest absolute Gasteiger partial charge is 0.252 e. The van der Waals surface area contributed by atoms with Crippen molar-refractivity contribution in [2.24, 2.45) is 0 Å². The van der Waals surface area contributed by atoms with Crippen molar-refractivity contribution in [1.82, 2.24) is 10.2 Å². The molecule has 0 unspecified atom stereocenters. The lowest BCUT2D eigenvalue weighted by atomic mass is 10.0. The Bertz CT molecular complexity index is 1010. The summed E-state index contributed by atoms with van der Waals surface area (Å²) in [6.45, 7) is 4.60. The minimum absolute atomic E-state index is 0.122. The molecule has 1 aromatic heterocycles. The highest BCUT2D eigenvalue weighted by atomic mass is 32.1. The van der Waals surface area contributed by atoms with E-state index >= 15 is 0 Å². The molecule has 1 aliphatic rings. The topological polar surface area (TPSA) is 58.6 Å². The van der Waals surface area contributed by atoms with Gasteiger partial charge in [0.05, 0.1) is 23.7 Å². The Morgan fingerprint density at radius 3 is 2.33 bits per heavy atom. The lowest BCUT2D eigenvalue weighted by molar-refractivity contribution is 0.0340. The highest BCUT2D eigenvalue weighted by molar-refractivity contribution is 7.12. The first kappa shape index (κ1) is 20.5. The summed E-state index contributed by atoms with van der Waals surface area (Å²) in [5, 5.41) is 4.86. The van der Waals surface area contributed by atoms with Crippen molar-refractivity contribution in [3.8, 4) is 0 Å². The number of rotatable bonds is 7. The lowest BCUT2D eigenvalue weighted by Gasteiger charge is -2.27. The first-order valence-electron chi connectivity index (χ1n) is 10.0. The number of carbonyl (C=O) groups is 2. The molecule has 4 rings (SSSR count). The van der Waals surface area contributed by atoms with Gasteiger partial charge in [-0.1, -0.05) is 48.5 Å². The number of ether oxygens (including phenoxy) is 1.